The summed E-state index contributed by atoms with van der Waals surface area (Å²) in [5.41, 5.74) is -1.02. The molecule has 0 saturated carbocycles. The molecule has 2 saturated heterocycles. The Morgan fingerprint density at radius 1 is 1.12 bits per heavy atom. The number of hydrogen-bond donors (Lipinski definition) is 1. The average molecular weight is 378 g/mol. The smallest absolute Gasteiger partial charge is 0.330 e. The van der Waals surface area contributed by atoms with Crippen LogP contribution in [-0.2, 0) is 18.9 Å². The predicted molar refractivity (Wildman–Crippen MR) is 92.9 cm³/mol. The van der Waals surface area contributed by atoms with Crippen molar-refractivity contribution in [2.75, 3.05) is 12.9 Å². The van der Waals surface area contributed by atoms with E-state index >= 15 is 0 Å². The highest BCUT2D eigenvalue weighted by atomic mass is 32.2. The fraction of sp³-hybridized carbons (Fsp3) is 0.412. The molecule has 3 heterocycles. The number of methoxy groups -OCH3 is 1. The van der Waals surface area contributed by atoms with Gasteiger partial charge in [-0.3, -0.25) is 14.3 Å². The van der Waals surface area contributed by atoms with Gasteiger partial charge >= 0.3 is 5.69 Å². The molecular weight excluding hydrogens is 360 g/mol. The van der Waals surface area contributed by atoms with Gasteiger partial charge in [0.1, 0.15) is 12.2 Å². The van der Waals surface area contributed by atoms with Gasteiger partial charge in [0.2, 0.25) is 0 Å². The van der Waals surface area contributed by atoms with Crippen LogP contribution in [0.15, 0.2) is 57.1 Å². The first-order valence-corrected chi connectivity index (χ1v) is 9.13. The van der Waals surface area contributed by atoms with Crippen molar-refractivity contribution < 1.29 is 18.9 Å². The number of ether oxygens (including phenoxy) is 4. The third-order valence-corrected chi connectivity index (χ3v) is 5.40. The lowest BCUT2D eigenvalue weighted by atomic mass is 10.1. The number of aromatic nitrogens is 2. The van der Waals surface area contributed by atoms with Gasteiger partial charge in [-0.2, -0.15) is 0 Å². The van der Waals surface area contributed by atoms with Gasteiger partial charge in [0.15, 0.2) is 6.23 Å². The van der Waals surface area contributed by atoms with Crippen molar-refractivity contribution in [1.82, 2.24) is 9.55 Å². The molecule has 0 bridgehead atoms. The molecule has 0 aliphatic carbocycles. The summed E-state index contributed by atoms with van der Waals surface area (Å²) in [4.78, 5) is 26.8. The van der Waals surface area contributed by atoms with Gasteiger partial charge in [0.25, 0.3) is 12.0 Å². The van der Waals surface area contributed by atoms with Crippen LogP contribution in [0, 0.1) is 0 Å². The molecule has 0 radical (unpaired) electrons. The van der Waals surface area contributed by atoms with Crippen molar-refractivity contribution in [2.24, 2.45) is 0 Å². The minimum Gasteiger partial charge on any atom is -0.348 e. The maximum Gasteiger partial charge on any atom is 0.330 e. The lowest BCUT2D eigenvalue weighted by molar-refractivity contribution is -0.254. The van der Waals surface area contributed by atoms with Gasteiger partial charge in [0, 0.05) is 30.0 Å². The molecule has 138 valence electrons. The zero-order chi connectivity index (χ0) is 18.1. The van der Waals surface area contributed by atoms with Gasteiger partial charge < -0.3 is 18.9 Å². The molecule has 1 aromatic carbocycles. The number of benzene rings is 1. The van der Waals surface area contributed by atoms with Crippen LogP contribution in [0.3, 0.4) is 0 Å². The van der Waals surface area contributed by atoms with Crippen LogP contribution < -0.4 is 11.2 Å². The molecule has 9 heteroatoms. The summed E-state index contributed by atoms with van der Waals surface area (Å²) in [7, 11) is 1.49. The number of aromatic amines is 1. The number of nitrogens with zero attached hydrogens (tertiary/aromatic N) is 1. The average Bonchev–Trinajstić information content (AvgIpc) is 3.20. The Labute approximate surface area is 153 Å². The maximum atomic E-state index is 12.1. The molecule has 2 aliphatic heterocycles. The van der Waals surface area contributed by atoms with Crippen molar-refractivity contribution in [3.63, 3.8) is 0 Å². The zero-order valence-corrected chi connectivity index (χ0v) is 14.8. The summed E-state index contributed by atoms with van der Waals surface area (Å²) < 4.78 is 24.0. The van der Waals surface area contributed by atoms with Crippen LogP contribution in [0.5, 0.6) is 0 Å². The number of H-pyrrole nitrogens is 1. The summed E-state index contributed by atoms with van der Waals surface area (Å²) in [5, 5.41) is 0. The minimum absolute atomic E-state index is 0.297. The van der Waals surface area contributed by atoms with E-state index in [2.05, 4.69) is 4.98 Å². The molecule has 8 nitrogen and oxygen atoms in total. The van der Waals surface area contributed by atoms with E-state index in [1.165, 1.54) is 23.9 Å². The minimum atomic E-state index is -0.806. The van der Waals surface area contributed by atoms with E-state index in [0.29, 0.717) is 5.75 Å². The predicted octanol–water partition coefficient (Wildman–Crippen LogP) is 0.940. The third-order valence-electron chi connectivity index (χ3n) is 4.30. The van der Waals surface area contributed by atoms with Crippen LogP contribution in [0.4, 0.5) is 0 Å². The topological polar surface area (TPSA) is 91.8 Å². The van der Waals surface area contributed by atoms with Gasteiger partial charge in [-0.05, 0) is 12.1 Å². The summed E-state index contributed by atoms with van der Waals surface area (Å²) in [6, 6.07) is 11.2. The van der Waals surface area contributed by atoms with Crippen LogP contribution in [0.1, 0.15) is 6.23 Å². The van der Waals surface area contributed by atoms with Gasteiger partial charge in [-0.1, -0.05) is 18.2 Å². The van der Waals surface area contributed by atoms with Crippen molar-refractivity contribution in [2.45, 2.75) is 35.9 Å². The quantitative estimate of drug-likeness (QED) is 0.774. The van der Waals surface area contributed by atoms with E-state index in [1.54, 1.807) is 11.8 Å². The van der Waals surface area contributed by atoms with Gasteiger partial charge in [-0.25, -0.2) is 4.79 Å². The Kier molecular flexibility index (Phi) is 4.96. The number of rotatable bonds is 5. The van der Waals surface area contributed by atoms with E-state index in [4.69, 9.17) is 18.9 Å². The number of hydrogen-bond acceptors (Lipinski definition) is 7. The Balaban J connectivity index is 1.56. The second kappa shape index (κ2) is 7.37. The summed E-state index contributed by atoms with van der Waals surface area (Å²) in [6.07, 6.45) is -0.482. The standard InChI is InChI=1S/C17H18N2O6S/c1-22-17-24-13-11(9-26-10-5-3-2-4-6-10)23-15(14(13)25-17)19-8-7-12(20)18-16(19)21/h2-8,11,13-15,17H,9H2,1H3,(H,18,20,21)/t11-,13-,14-,15-,17?/m1/s1. The van der Waals surface area contributed by atoms with Crippen LogP contribution in [0.25, 0.3) is 0 Å². The first-order chi connectivity index (χ1) is 12.7. The molecule has 2 aliphatic rings. The molecular formula is C17H18N2O6S. The van der Waals surface area contributed by atoms with E-state index in [1.807, 2.05) is 30.3 Å². The third kappa shape index (κ3) is 3.36. The summed E-state index contributed by atoms with van der Waals surface area (Å²) >= 11 is 1.63. The van der Waals surface area contributed by atoms with Crippen LogP contribution >= 0.6 is 11.8 Å². The molecule has 26 heavy (non-hydrogen) atoms. The molecule has 4 rings (SSSR count). The molecule has 0 amide bonds. The first kappa shape index (κ1) is 17.5. The molecule has 1 aromatic heterocycles. The molecule has 2 aromatic rings. The van der Waals surface area contributed by atoms with E-state index < -0.39 is 30.1 Å². The molecule has 2 fully saturated rings. The Bertz CT molecular complexity index is 869. The lowest BCUT2D eigenvalue weighted by Crippen LogP contribution is -2.36. The molecule has 1 unspecified atom stereocenters. The fourth-order valence-electron chi connectivity index (χ4n) is 3.10. The van der Waals surface area contributed by atoms with Crippen LogP contribution in [-0.4, -0.2) is 47.2 Å². The number of thioether (sulfide) groups is 1. The summed E-state index contributed by atoms with van der Waals surface area (Å²) in [5.74, 6) is 0.625. The van der Waals surface area contributed by atoms with Crippen molar-refractivity contribution in [1.29, 1.82) is 0 Å². The van der Waals surface area contributed by atoms with E-state index in [0.717, 1.165) is 4.90 Å². The van der Waals surface area contributed by atoms with Gasteiger partial charge in [-0.15, -0.1) is 11.8 Å². The number of nitrogens with one attached hydrogen (secondary N) is 1. The zero-order valence-electron chi connectivity index (χ0n) is 13.9. The van der Waals surface area contributed by atoms with Crippen molar-refractivity contribution in [3.8, 4) is 0 Å². The van der Waals surface area contributed by atoms with Crippen LogP contribution in [0.2, 0.25) is 0 Å². The summed E-state index contributed by atoms with van der Waals surface area (Å²) in [6.45, 7) is -0.806. The number of fused-ring (bicyclic) bond motifs is 1. The normalized spacial score (nSPS) is 30.4. The van der Waals surface area contributed by atoms with Crippen molar-refractivity contribution in [3.05, 3.63) is 63.4 Å². The van der Waals surface area contributed by atoms with E-state index in [-0.39, 0.29) is 12.2 Å². The largest absolute Gasteiger partial charge is 0.348 e. The second-order valence-electron chi connectivity index (χ2n) is 5.93. The van der Waals surface area contributed by atoms with Gasteiger partial charge in [0.05, 0.1) is 6.10 Å². The van der Waals surface area contributed by atoms with E-state index in [9.17, 15) is 9.59 Å². The monoisotopic (exact) mass is 378 g/mol. The Morgan fingerprint density at radius 3 is 2.62 bits per heavy atom. The lowest BCUT2D eigenvalue weighted by Gasteiger charge is -2.20. The maximum absolute atomic E-state index is 12.1. The highest BCUT2D eigenvalue weighted by Crippen LogP contribution is 2.40. The SMILES string of the molecule is COC1O[C@@H]2[C@H](O1)[C@@H](CSc1ccccc1)O[C@H]2n1ccc(=O)[nH]c1=O. The highest BCUT2D eigenvalue weighted by Gasteiger charge is 2.53. The fourth-order valence-corrected chi connectivity index (χ4v) is 4.07. The molecule has 1 N–H and O–H groups in total. The Morgan fingerprint density at radius 2 is 1.88 bits per heavy atom. The first-order valence-electron chi connectivity index (χ1n) is 8.14. The second-order valence-corrected chi connectivity index (χ2v) is 7.03. The molecule has 0 spiro atoms. The Hall–Kier alpha value is -1.91. The van der Waals surface area contributed by atoms with Crippen molar-refractivity contribution >= 4 is 11.8 Å². The molecule has 5 atom stereocenters. The highest BCUT2D eigenvalue weighted by molar-refractivity contribution is 7.99.